The minimum Gasteiger partial charge on any atom is -0.487 e. The molecule has 28 heavy (non-hydrogen) atoms. The molecule has 1 saturated heterocycles. The molecule has 1 aromatic rings. The van der Waals surface area contributed by atoms with E-state index in [4.69, 9.17) is 4.74 Å². The average molecular weight is 386 g/mol. The molecule has 4 rings (SSSR count). The third-order valence-electron chi connectivity index (χ3n) is 6.53. The average Bonchev–Trinajstić information content (AvgIpc) is 2.65. The van der Waals surface area contributed by atoms with E-state index in [2.05, 4.69) is 11.4 Å². The van der Waals surface area contributed by atoms with Gasteiger partial charge in [-0.3, -0.25) is 4.79 Å². The quantitative estimate of drug-likeness (QED) is 0.870. The van der Waals surface area contributed by atoms with E-state index in [1.165, 1.54) is 6.42 Å². The highest BCUT2D eigenvalue weighted by Crippen LogP contribution is 2.46. The Morgan fingerprint density at radius 1 is 1.21 bits per heavy atom. The molecule has 2 aliphatic heterocycles. The molecule has 2 fully saturated rings. The molecule has 0 unspecified atom stereocenters. The fourth-order valence-electron chi connectivity index (χ4n) is 4.68. The van der Waals surface area contributed by atoms with E-state index >= 15 is 0 Å². The zero-order chi connectivity index (χ0) is 19.7. The van der Waals surface area contributed by atoms with Crippen LogP contribution in [-0.2, 0) is 4.79 Å². The summed E-state index contributed by atoms with van der Waals surface area (Å²) in [6, 6.07) is 8.56. The lowest BCUT2D eigenvalue weighted by Crippen LogP contribution is -2.53. The number of likely N-dealkylation sites (tertiary alicyclic amines) is 1. The van der Waals surface area contributed by atoms with Crippen LogP contribution in [-0.4, -0.2) is 60.6 Å². The fourth-order valence-corrected chi connectivity index (χ4v) is 4.68. The third kappa shape index (κ3) is 3.82. The first-order chi connectivity index (χ1) is 13.5. The van der Waals surface area contributed by atoms with Gasteiger partial charge in [-0.25, -0.2) is 4.79 Å². The number of hydrogen-bond donors (Lipinski definition) is 1. The minimum atomic E-state index is -0.279. The van der Waals surface area contributed by atoms with Crippen molar-refractivity contribution in [2.75, 3.05) is 27.2 Å². The Morgan fingerprint density at radius 2 is 1.93 bits per heavy atom. The largest absolute Gasteiger partial charge is 0.487 e. The SMILES string of the molecule is CN(C)C(=O)N1CCC2(CC1)C[C@@H](CC(=O)NC1CCC1)c1ccccc1O2. The predicted octanol–water partition coefficient (Wildman–Crippen LogP) is 3.13. The Bertz CT molecular complexity index is 736. The maximum Gasteiger partial charge on any atom is 0.319 e. The second-order valence-electron chi connectivity index (χ2n) is 8.79. The Labute approximate surface area is 167 Å². The molecular formula is C22H31N3O3. The molecule has 152 valence electrons. The lowest BCUT2D eigenvalue weighted by Gasteiger charge is -2.47. The van der Waals surface area contributed by atoms with Crippen molar-refractivity contribution in [2.24, 2.45) is 0 Å². The van der Waals surface area contributed by atoms with Gasteiger partial charge in [-0.1, -0.05) is 18.2 Å². The maximum absolute atomic E-state index is 12.6. The molecule has 1 atom stereocenters. The summed E-state index contributed by atoms with van der Waals surface area (Å²) in [4.78, 5) is 28.4. The van der Waals surface area contributed by atoms with Crippen LogP contribution in [0.4, 0.5) is 4.79 Å². The van der Waals surface area contributed by atoms with E-state index in [0.717, 1.165) is 43.4 Å². The van der Waals surface area contributed by atoms with Gasteiger partial charge in [0.2, 0.25) is 5.91 Å². The molecular weight excluding hydrogens is 354 g/mol. The predicted molar refractivity (Wildman–Crippen MR) is 107 cm³/mol. The van der Waals surface area contributed by atoms with Crippen molar-refractivity contribution < 1.29 is 14.3 Å². The summed E-state index contributed by atoms with van der Waals surface area (Å²) in [5.41, 5.74) is 0.863. The van der Waals surface area contributed by atoms with Gasteiger partial charge in [-0.05, 0) is 37.3 Å². The number of nitrogens with zero attached hydrogens (tertiary/aromatic N) is 2. The summed E-state index contributed by atoms with van der Waals surface area (Å²) < 4.78 is 6.49. The van der Waals surface area contributed by atoms with E-state index < -0.39 is 0 Å². The van der Waals surface area contributed by atoms with Crippen LogP contribution < -0.4 is 10.1 Å². The molecule has 1 aromatic carbocycles. The van der Waals surface area contributed by atoms with Crippen molar-refractivity contribution in [3.63, 3.8) is 0 Å². The molecule has 0 bridgehead atoms. The maximum atomic E-state index is 12.6. The lowest BCUT2D eigenvalue weighted by molar-refractivity contribution is -0.123. The van der Waals surface area contributed by atoms with Crippen LogP contribution in [0.5, 0.6) is 5.75 Å². The van der Waals surface area contributed by atoms with Crippen molar-refractivity contribution >= 4 is 11.9 Å². The van der Waals surface area contributed by atoms with Crippen molar-refractivity contribution in [3.8, 4) is 5.75 Å². The number of urea groups is 1. The van der Waals surface area contributed by atoms with E-state index in [1.807, 2.05) is 23.1 Å². The number of rotatable bonds is 3. The first kappa shape index (κ1) is 19.1. The Hall–Kier alpha value is -2.24. The highest BCUT2D eigenvalue weighted by atomic mass is 16.5. The summed E-state index contributed by atoms with van der Waals surface area (Å²) in [5, 5.41) is 3.18. The summed E-state index contributed by atoms with van der Waals surface area (Å²) in [5.74, 6) is 1.23. The van der Waals surface area contributed by atoms with Crippen molar-refractivity contribution in [3.05, 3.63) is 29.8 Å². The molecule has 1 N–H and O–H groups in total. The summed E-state index contributed by atoms with van der Waals surface area (Å²) >= 11 is 0. The highest BCUT2D eigenvalue weighted by molar-refractivity contribution is 5.77. The highest BCUT2D eigenvalue weighted by Gasteiger charge is 2.44. The number of carbonyl (C=O) groups is 2. The van der Waals surface area contributed by atoms with Crippen LogP contribution >= 0.6 is 0 Å². The molecule has 1 spiro atoms. The van der Waals surface area contributed by atoms with Crippen LogP contribution in [0.1, 0.15) is 56.4 Å². The third-order valence-corrected chi connectivity index (χ3v) is 6.53. The van der Waals surface area contributed by atoms with E-state index in [9.17, 15) is 9.59 Å². The van der Waals surface area contributed by atoms with Gasteiger partial charge in [0.05, 0.1) is 0 Å². The summed E-state index contributed by atoms with van der Waals surface area (Å²) in [6.07, 6.45) is 6.40. The summed E-state index contributed by atoms with van der Waals surface area (Å²) in [6.45, 7) is 1.39. The Morgan fingerprint density at radius 3 is 2.57 bits per heavy atom. The van der Waals surface area contributed by atoms with Gasteiger partial charge >= 0.3 is 6.03 Å². The van der Waals surface area contributed by atoms with Gasteiger partial charge in [-0.15, -0.1) is 0 Å². The second kappa shape index (κ2) is 7.64. The first-order valence-corrected chi connectivity index (χ1v) is 10.5. The van der Waals surface area contributed by atoms with Crippen molar-refractivity contribution in [2.45, 2.75) is 62.5 Å². The van der Waals surface area contributed by atoms with Gasteiger partial charge < -0.3 is 19.9 Å². The number of nitrogens with one attached hydrogen (secondary N) is 1. The number of fused-ring (bicyclic) bond motifs is 1. The number of piperidine rings is 1. The Balaban J connectivity index is 1.47. The van der Waals surface area contributed by atoms with Gasteiger partial charge in [0.1, 0.15) is 11.4 Å². The van der Waals surface area contributed by atoms with E-state index in [-0.39, 0.29) is 23.5 Å². The van der Waals surface area contributed by atoms with Crippen molar-refractivity contribution in [1.82, 2.24) is 15.1 Å². The molecule has 6 nitrogen and oxygen atoms in total. The number of hydrogen-bond acceptors (Lipinski definition) is 3. The molecule has 0 aromatic heterocycles. The number of para-hydroxylation sites is 1. The molecule has 2 heterocycles. The molecule has 0 radical (unpaired) electrons. The van der Waals surface area contributed by atoms with Gasteiger partial charge in [0.25, 0.3) is 0 Å². The monoisotopic (exact) mass is 385 g/mol. The number of carbonyl (C=O) groups excluding carboxylic acids is 2. The second-order valence-corrected chi connectivity index (χ2v) is 8.79. The van der Waals surface area contributed by atoms with Gasteiger partial charge in [0.15, 0.2) is 0 Å². The van der Waals surface area contributed by atoms with Crippen LogP contribution in [0.15, 0.2) is 24.3 Å². The van der Waals surface area contributed by atoms with Crippen LogP contribution in [0.2, 0.25) is 0 Å². The van der Waals surface area contributed by atoms with Crippen LogP contribution in [0.3, 0.4) is 0 Å². The van der Waals surface area contributed by atoms with Crippen LogP contribution in [0.25, 0.3) is 0 Å². The number of amides is 3. The molecule has 1 saturated carbocycles. The molecule has 6 heteroatoms. The smallest absolute Gasteiger partial charge is 0.319 e. The molecule has 3 amide bonds. The number of ether oxygens (including phenoxy) is 1. The van der Waals surface area contributed by atoms with E-state index in [0.29, 0.717) is 25.6 Å². The zero-order valence-electron chi connectivity index (χ0n) is 16.9. The zero-order valence-corrected chi connectivity index (χ0v) is 16.9. The first-order valence-electron chi connectivity index (χ1n) is 10.5. The lowest BCUT2D eigenvalue weighted by atomic mass is 9.76. The Kier molecular flexibility index (Phi) is 5.21. The van der Waals surface area contributed by atoms with Gasteiger partial charge in [-0.2, -0.15) is 0 Å². The van der Waals surface area contributed by atoms with E-state index in [1.54, 1.807) is 19.0 Å². The topological polar surface area (TPSA) is 61.9 Å². The van der Waals surface area contributed by atoms with Crippen molar-refractivity contribution in [1.29, 1.82) is 0 Å². The standard InChI is InChI=1S/C22H31N3O3/c1-24(2)21(27)25-12-10-22(11-13-25)15-16(14-20(26)23-17-6-5-7-17)18-8-3-4-9-19(18)28-22/h3-4,8-9,16-17H,5-7,10-15H2,1-2H3,(H,23,26)/t16-/m1/s1. The molecule has 1 aliphatic carbocycles. The van der Waals surface area contributed by atoms with Crippen LogP contribution in [0, 0.1) is 0 Å². The number of benzene rings is 1. The fraction of sp³-hybridized carbons (Fsp3) is 0.636. The molecule has 3 aliphatic rings. The summed E-state index contributed by atoms with van der Waals surface area (Å²) in [7, 11) is 3.58. The van der Waals surface area contributed by atoms with Gasteiger partial charge in [0, 0.05) is 58.4 Å². The minimum absolute atomic E-state index is 0.0579. The normalized spacial score (nSPS) is 23.4.